The topological polar surface area (TPSA) is 178 Å². The molecule has 1 spiro atoms. The third-order valence-corrected chi connectivity index (χ3v) is 24.1. The lowest BCUT2D eigenvalue weighted by atomic mass is 9.44. The molecule has 14 unspecified atom stereocenters. The number of aromatic hydroxyl groups is 1. The summed E-state index contributed by atoms with van der Waals surface area (Å²) in [6, 6.07) is 33.6. The number of aliphatic hydroxyl groups is 2. The highest BCUT2D eigenvalue weighted by atomic mass is 16.6. The van der Waals surface area contributed by atoms with Gasteiger partial charge in [-0.05, 0) is 239 Å². The van der Waals surface area contributed by atoms with Gasteiger partial charge in [0.1, 0.15) is 23.6 Å². The molecule has 2 saturated heterocycles. The van der Waals surface area contributed by atoms with Gasteiger partial charge in [0.15, 0.2) is 0 Å². The first-order valence-electron chi connectivity index (χ1n) is 34.4. The number of phenols is 1. The Kier molecular flexibility index (Phi) is 16.9. The van der Waals surface area contributed by atoms with E-state index in [2.05, 4.69) is 125 Å². The molecule has 0 radical (unpaired) electrons. The maximum Gasteiger partial charge on any atom is 0.340 e. The maximum atomic E-state index is 15.5. The summed E-state index contributed by atoms with van der Waals surface area (Å²) in [6.45, 7) is 6.46. The summed E-state index contributed by atoms with van der Waals surface area (Å²) in [5, 5.41) is 52.3. The number of allylic oxidation sites excluding steroid dienone is 5. The number of aldehydes is 1. The van der Waals surface area contributed by atoms with E-state index in [4.69, 9.17) is 9.47 Å². The zero-order chi connectivity index (χ0) is 61.9. The molecule has 4 aromatic carbocycles. The van der Waals surface area contributed by atoms with Gasteiger partial charge >= 0.3 is 11.9 Å². The summed E-state index contributed by atoms with van der Waals surface area (Å²) < 4.78 is 13.6. The highest BCUT2D eigenvalue weighted by Gasteiger charge is 2.69. The number of nitrogens with one attached hydrogen (secondary N) is 4. The molecule has 3 saturated carbocycles. The molecule has 6 heterocycles. The van der Waals surface area contributed by atoms with Crippen LogP contribution >= 0.6 is 0 Å². The molecule has 6 aliphatic heterocycles. The van der Waals surface area contributed by atoms with E-state index in [-0.39, 0.29) is 95.6 Å². The van der Waals surface area contributed by atoms with Crippen LogP contribution in [0, 0.1) is 75.9 Å². The summed E-state index contributed by atoms with van der Waals surface area (Å²) in [5.41, 5.74) is 7.15. The van der Waals surface area contributed by atoms with E-state index in [1.807, 2.05) is 32.2 Å². The van der Waals surface area contributed by atoms with Crippen molar-refractivity contribution in [3.63, 3.8) is 0 Å². The van der Waals surface area contributed by atoms with Gasteiger partial charge in [-0.1, -0.05) is 117 Å². The van der Waals surface area contributed by atoms with E-state index in [1.54, 1.807) is 6.07 Å². The van der Waals surface area contributed by atoms with Crippen molar-refractivity contribution in [1.82, 2.24) is 21.3 Å². The fourth-order valence-electron chi connectivity index (χ4n) is 19.6. The maximum absolute atomic E-state index is 15.5. The first kappa shape index (κ1) is 61.1. The van der Waals surface area contributed by atoms with Crippen LogP contribution in [0.15, 0.2) is 137 Å². The Hall–Kier alpha value is -6.43. The molecular formula is C78H92N4O8. The van der Waals surface area contributed by atoms with Crippen LogP contribution in [0.2, 0.25) is 0 Å². The second-order valence-corrected chi connectivity index (χ2v) is 29.1. The van der Waals surface area contributed by atoms with Crippen LogP contribution in [0.3, 0.4) is 0 Å². The van der Waals surface area contributed by atoms with E-state index in [0.717, 1.165) is 135 Å². The first-order valence-corrected chi connectivity index (χ1v) is 34.4. The molecular weight excluding hydrogens is 1120 g/mol. The number of fused-ring (bicyclic) bond motifs is 5. The number of β-amino-alcohol motifs (C(OH)–C–C–N with tert-alkyl or cyclic N) is 1. The lowest BCUT2D eigenvalue weighted by Gasteiger charge is -2.56. The zero-order valence-corrected chi connectivity index (χ0v) is 53.0. The Bertz CT molecular complexity index is 3620. The van der Waals surface area contributed by atoms with Gasteiger partial charge in [-0.3, -0.25) is 0 Å². The van der Waals surface area contributed by atoms with Crippen LogP contribution in [0.25, 0.3) is 16.7 Å². The van der Waals surface area contributed by atoms with Gasteiger partial charge in [-0.15, -0.1) is 0 Å². The van der Waals surface area contributed by atoms with Crippen LogP contribution in [-0.4, -0.2) is 77.6 Å². The van der Waals surface area contributed by atoms with Gasteiger partial charge in [0, 0.05) is 48.5 Å². The fourth-order valence-corrected chi connectivity index (χ4v) is 19.6. The lowest BCUT2D eigenvalue weighted by Crippen LogP contribution is -2.52. The Morgan fingerprint density at radius 2 is 1.63 bits per heavy atom. The van der Waals surface area contributed by atoms with E-state index in [9.17, 15) is 20.1 Å². The van der Waals surface area contributed by atoms with Crippen molar-refractivity contribution in [3.05, 3.63) is 165 Å². The molecule has 5 fully saturated rings. The number of hydrogen-bond acceptors (Lipinski definition) is 12. The van der Waals surface area contributed by atoms with Crippen molar-refractivity contribution in [1.29, 1.82) is 0 Å². The van der Waals surface area contributed by atoms with Crippen LogP contribution in [0.5, 0.6) is 5.75 Å². The minimum atomic E-state index is -1.36. The van der Waals surface area contributed by atoms with Crippen LogP contribution < -0.4 is 21.3 Å². The number of phenolic OH excluding ortho intramolecular Hbond substituents is 1. The molecule has 16 rings (SSSR count). The largest absolute Gasteiger partial charge is 0.508 e. The summed E-state index contributed by atoms with van der Waals surface area (Å²) in [4.78, 5) is 43.4. The van der Waals surface area contributed by atoms with Crippen molar-refractivity contribution in [2.75, 3.05) is 26.7 Å². The summed E-state index contributed by atoms with van der Waals surface area (Å²) in [5.74, 6) is 6.99. The number of esters is 2. The van der Waals surface area contributed by atoms with Crippen molar-refractivity contribution in [3.8, 4) is 28.7 Å². The van der Waals surface area contributed by atoms with Crippen molar-refractivity contribution >= 4 is 23.8 Å². The molecule has 12 aliphatic rings. The molecule has 0 aromatic heterocycles. The smallest absolute Gasteiger partial charge is 0.340 e. The van der Waals surface area contributed by atoms with Gasteiger partial charge < -0.3 is 50.9 Å². The predicted octanol–water partition coefficient (Wildman–Crippen LogP) is 12.3. The lowest BCUT2D eigenvalue weighted by molar-refractivity contribution is -0.135. The van der Waals surface area contributed by atoms with Gasteiger partial charge in [-0.25, -0.2) is 9.59 Å². The van der Waals surface area contributed by atoms with Gasteiger partial charge in [0.25, 0.3) is 0 Å². The molecule has 0 amide bonds. The Labute approximate surface area is 532 Å². The quantitative estimate of drug-likeness (QED) is 0.0480. The first-order chi connectivity index (χ1) is 43.7. The molecule has 7 N–H and O–H groups in total. The second kappa shape index (κ2) is 24.9. The number of carbonyl (C=O) groups is 3. The number of piperidine rings is 1. The van der Waals surface area contributed by atoms with Crippen molar-refractivity contribution < 1.29 is 39.2 Å². The number of carbonyl (C=O) groups excluding carboxylic acids is 3. The highest BCUT2D eigenvalue weighted by Crippen LogP contribution is 2.72. The average molecular weight is 1210 g/mol. The third-order valence-electron chi connectivity index (χ3n) is 24.1. The molecule has 6 aliphatic carbocycles. The molecule has 12 nitrogen and oxygen atoms in total. The minimum Gasteiger partial charge on any atom is -0.508 e. The monoisotopic (exact) mass is 1210 g/mol. The Morgan fingerprint density at radius 1 is 0.800 bits per heavy atom. The molecule has 14 atom stereocenters. The Morgan fingerprint density at radius 3 is 2.46 bits per heavy atom. The standard InChI is InChI=1S/C78H92N4O8/c1-4-48(37-49-13-7-5-8-14-49)40-66-78-33-25-60-61-23-24-62-65(89-73(85)69(62)70(61)78)26-32-76(56-28-35-81-67(42-56)79-3)44-54-41-57(77(88)30-9-6-10-31-77)20-19-55(29-36-83)75(2,87)47-82-72(64(54)45-76)53-18-11-15-50(38-53)27-34-80-46-51-16-12-17-52(39-51)59-22-21-58(84)43-63(59)68(60)71(78)74(86)90-66/h5,7-8,11-18,21-22,26,36,38-40,43,48,54-57,60-61,64,67,70,72,79-82,84,87-88H,4,6,9-10,23-25,27-35,37,41-42,44-47H2,1-3H3. The normalized spacial score (nSPS) is 34.6. The number of ether oxygens (including phenoxy) is 2. The number of rotatable bonds is 9. The average Bonchev–Trinajstić information content (AvgIpc) is 1.38. The SMILES string of the molecule is CCC(C=C1OC(=O)C2=C3c4cc(O)ccc4-c4cccc(c4)CNCCc4cccc(c4)C4NCC(C)(O)C(CC=O)C#CC(C5(O)CCCCC5)CC5CC(C6CCNC(NC)C6)(CC=C6OC(=O)C7=C6CCC6C3CCC12C76)CC54)Cc1ccccc1. The van der Waals surface area contributed by atoms with E-state index >= 15 is 9.59 Å². The predicted molar refractivity (Wildman–Crippen MR) is 349 cm³/mol. The number of benzene rings is 4. The summed E-state index contributed by atoms with van der Waals surface area (Å²) in [7, 11) is 2.04. The second-order valence-electron chi connectivity index (χ2n) is 29.1. The molecule has 12 heteroatoms. The van der Waals surface area contributed by atoms with Gasteiger partial charge in [-0.2, -0.15) is 0 Å². The molecule has 14 bridgehead atoms. The van der Waals surface area contributed by atoms with Crippen LogP contribution in [0.4, 0.5) is 0 Å². The van der Waals surface area contributed by atoms with Crippen molar-refractivity contribution in [2.45, 2.75) is 166 Å². The summed E-state index contributed by atoms with van der Waals surface area (Å²) >= 11 is 0. The van der Waals surface area contributed by atoms with Crippen LogP contribution in [0.1, 0.15) is 157 Å². The van der Waals surface area contributed by atoms with Crippen molar-refractivity contribution in [2.24, 2.45) is 64.1 Å². The van der Waals surface area contributed by atoms with Gasteiger partial charge in [0.05, 0.1) is 34.3 Å². The Balaban J connectivity index is 0.952. The van der Waals surface area contributed by atoms with E-state index in [1.165, 1.54) is 11.1 Å². The number of cyclic esters (lactones) is 1. The van der Waals surface area contributed by atoms with Gasteiger partial charge in [0.2, 0.25) is 0 Å². The number of hydrogen-bond donors (Lipinski definition) is 7. The highest BCUT2D eigenvalue weighted by molar-refractivity contribution is 6.07. The van der Waals surface area contributed by atoms with E-state index < -0.39 is 22.5 Å². The molecule has 472 valence electrons. The zero-order valence-electron chi connectivity index (χ0n) is 53.0. The minimum absolute atomic E-state index is 0.00922. The summed E-state index contributed by atoms with van der Waals surface area (Å²) in [6.07, 6.45) is 20.2. The molecule has 90 heavy (non-hydrogen) atoms. The van der Waals surface area contributed by atoms with Crippen LogP contribution in [-0.2, 0) is 43.2 Å². The third kappa shape index (κ3) is 11.1. The van der Waals surface area contributed by atoms with E-state index in [0.29, 0.717) is 67.7 Å². The molecule has 4 aromatic rings. The fraction of sp³-hybridized carbons (Fsp3) is 0.526.